The number of imide groups is 1. The summed E-state index contributed by atoms with van der Waals surface area (Å²) in [4.78, 5) is 33.8. The Morgan fingerprint density at radius 1 is 0.963 bits per heavy atom. The van der Waals surface area contributed by atoms with Crippen LogP contribution < -0.4 is 9.96 Å². The van der Waals surface area contributed by atoms with Crippen molar-refractivity contribution >= 4 is 23.2 Å². The van der Waals surface area contributed by atoms with Crippen LogP contribution in [0.4, 0.5) is 11.4 Å². The van der Waals surface area contributed by atoms with Gasteiger partial charge < -0.3 is 0 Å². The fourth-order valence-electron chi connectivity index (χ4n) is 4.10. The van der Waals surface area contributed by atoms with E-state index in [1.54, 1.807) is 5.06 Å². The summed E-state index contributed by atoms with van der Waals surface area (Å²) in [6.45, 7) is 6.15. The molecule has 2 amide bonds. The number of carbonyl (C=O) groups is 2. The number of rotatable bonds is 4. The van der Waals surface area contributed by atoms with Crippen molar-refractivity contribution in [3.8, 4) is 0 Å². The number of para-hydroxylation sites is 2. The number of fused-ring (bicyclic) bond motifs is 1. The Morgan fingerprint density at radius 2 is 1.63 bits per heavy atom. The van der Waals surface area contributed by atoms with Gasteiger partial charge in [-0.1, -0.05) is 50.2 Å². The Bertz CT molecular complexity index is 865. The van der Waals surface area contributed by atoms with Crippen molar-refractivity contribution in [2.24, 2.45) is 11.8 Å². The van der Waals surface area contributed by atoms with E-state index >= 15 is 0 Å². The summed E-state index contributed by atoms with van der Waals surface area (Å²) in [7, 11) is 0. The minimum atomic E-state index is -0.763. The molecule has 0 saturated carbocycles. The van der Waals surface area contributed by atoms with Crippen LogP contribution in [0.15, 0.2) is 54.6 Å². The maximum absolute atomic E-state index is 13.3. The van der Waals surface area contributed by atoms with Crippen molar-refractivity contribution in [3.63, 3.8) is 0 Å². The highest BCUT2D eigenvalue weighted by Crippen LogP contribution is 2.42. The molecule has 5 nitrogen and oxygen atoms in total. The molecule has 5 heteroatoms. The highest BCUT2D eigenvalue weighted by Gasteiger charge is 2.59. The first-order chi connectivity index (χ1) is 13.0. The van der Waals surface area contributed by atoms with Gasteiger partial charge in [0.25, 0.3) is 5.91 Å². The number of benzene rings is 2. The van der Waals surface area contributed by atoms with Gasteiger partial charge in [0.1, 0.15) is 0 Å². The minimum absolute atomic E-state index is 0.164. The lowest BCUT2D eigenvalue weighted by atomic mass is 9.90. The van der Waals surface area contributed by atoms with E-state index in [9.17, 15) is 9.59 Å². The first-order valence-electron chi connectivity index (χ1n) is 9.43. The summed E-state index contributed by atoms with van der Waals surface area (Å²) in [5, 5.41) is 1.78. The third-order valence-corrected chi connectivity index (χ3v) is 5.32. The van der Waals surface area contributed by atoms with E-state index in [0.717, 1.165) is 17.7 Å². The third kappa shape index (κ3) is 2.92. The van der Waals surface area contributed by atoms with Crippen LogP contribution in [0.1, 0.15) is 25.8 Å². The summed E-state index contributed by atoms with van der Waals surface area (Å²) >= 11 is 0. The average Bonchev–Trinajstić information content (AvgIpc) is 3.13. The van der Waals surface area contributed by atoms with Crippen LogP contribution in [0.3, 0.4) is 0 Å². The van der Waals surface area contributed by atoms with Crippen LogP contribution in [-0.4, -0.2) is 24.0 Å². The van der Waals surface area contributed by atoms with Crippen molar-refractivity contribution in [3.05, 3.63) is 60.2 Å². The van der Waals surface area contributed by atoms with Gasteiger partial charge in [0.2, 0.25) is 5.91 Å². The van der Waals surface area contributed by atoms with E-state index in [1.165, 1.54) is 4.90 Å². The largest absolute Gasteiger partial charge is 0.273 e. The molecule has 3 atom stereocenters. The van der Waals surface area contributed by atoms with Crippen LogP contribution >= 0.6 is 0 Å². The lowest BCUT2D eigenvalue weighted by Gasteiger charge is -2.29. The predicted molar refractivity (Wildman–Crippen MR) is 104 cm³/mol. The van der Waals surface area contributed by atoms with Crippen LogP contribution in [-0.2, 0) is 14.4 Å². The van der Waals surface area contributed by atoms with Gasteiger partial charge in [-0.05, 0) is 43.0 Å². The molecule has 2 aromatic rings. The van der Waals surface area contributed by atoms with Gasteiger partial charge in [-0.15, -0.1) is 0 Å². The number of aryl methyl sites for hydroxylation is 1. The standard InChI is InChI=1S/C22H24N2O3/c1-14(2)13-18-19-20(27-24(18)16-10-5-4-6-11-16)22(26)23(21(19)25)17-12-8-7-9-15(17)3/h4-12,14,18-20H,13H2,1-3H3/t18-,19+,20+/m0/s1. The number of amides is 2. The number of anilines is 2. The Balaban J connectivity index is 1.71. The maximum atomic E-state index is 13.3. The molecule has 0 radical (unpaired) electrons. The topological polar surface area (TPSA) is 49.9 Å². The molecule has 4 rings (SSSR count). The molecule has 0 bridgehead atoms. The second-order valence-corrected chi connectivity index (χ2v) is 7.71. The van der Waals surface area contributed by atoms with Gasteiger partial charge in [0, 0.05) is 0 Å². The maximum Gasteiger partial charge on any atom is 0.266 e. The molecule has 27 heavy (non-hydrogen) atoms. The van der Waals surface area contributed by atoms with Gasteiger partial charge in [-0.25, -0.2) is 9.96 Å². The summed E-state index contributed by atoms with van der Waals surface area (Å²) in [5.41, 5.74) is 2.43. The molecule has 2 saturated heterocycles. The molecule has 0 unspecified atom stereocenters. The fourth-order valence-corrected chi connectivity index (χ4v) is 4.10. The molecular weight excluding hydrogens is 340 g/mol. The average molecular weight is 364 g/mol. The van der Waals surface area contributed by atoms with Crippen LogP contribution in [0.25, 0.3) is 0 Å². The zero-order valence-electron chi connectivity index (χ0n) is 15.8. The van der Waals surface area contributed by atoms with E-state index in [1.807, 2.05) is 61.5 Å². The Kier molecular flexibility index (Phi) is 4.48. The van der Waals surface area contributed by atoms with Crippen LogP contribution in [0.5, 0.6) is 0 Å². The van der Waals surface area contributed by atoms with Crippen molar-refractivity contribution < 1.29 is 14.4 Å². The minimum Gasteiger partial charge on any atom is -0.273 e. The van der Waals surface area contributed by atoms with Gasteiger partial charge >= 0.3 is 0 Å². The molecule has 2 aliphatic heterocycles. The van der Waals surface area contributed by atoms with E-state index in [2.05, 4.69) is 13.8 Å². The van der Waals surface area contributed by atoms with Crippen molar-refractivity contribution in [2.45, 2.75) is 39.3 Å². The number of hydrogen-bond donors (Lipinski definition) is 0. The van der Waals surface area contributed by atoms with Crippen molar-refractivity contribution in [1.82, 2.24) is 0 Å². The van der Waals surface area contributed by atoms with E-state index < -0.39 is 12.0 Å². The normalized spacial score (nSPS) is 24.8. The summed E-state index contributed by atoms with van der Waals surface area (Å²) < 4.78 is 0. The number of hydrogen-bond acceptors (Lipinski definition) is 4. The molecule has 2 heterocycles. The van der Waals surface area contributed by atoms with Gasteiger partial charge in [-0.2, -0.15) is 0 Å². The van der Waals surface area contributed by atoms with E-state index in [-0.39, 0.29) is 17.9 Å². The first-order valence-corrected chi connectivity index (χ1v) is 9.43. The Morgan fingerprint density at radius 3 is 2.30 bits per heavy atom. The van der Waals surface area contributed by atoms with Crippen LogP contribution in [0.2, 0.25) is 0 Å². The second-order valence-electron chi connectivity index (χ2n) is 7.71. The number of carbonyl (C=O) groups excluding carboxylic acids is 2. The van der Waals surface area contributed by atoms with Gasteiger partial charge in [-0.3, -0.25) is 14.4 Å². The fraction of sp³-hybridized carbons (Fsp3) is 0.364. The molecule has 0 N–H and O–H groups in total. The van der Waals surface area contributed by atoms with E-state index in [0.29, 0.717) is 11.6 Å². The highest BCUT2D eigenvalue weighted by atomic mass is 16.7. The summed E-state index contributed by atoms with van der Waals surface area (Å²) in [5.74, 6) is -0.548. The molecule has 0 aliphatic carbocycles. The van der Waals surface area contributed by atoms with Crippen LogP contribution in [0, 0.1) is 18.8 Å². The number of hydroxylamine groups is 1. The van der Waals surface area contributed by atoms with Gasteiger partial charge in [0.05, 0.1) is 23.3 Å². The van der Waals surface area contributed by atoms with Crippen molar-refractivity contribution in [2.75, 3.05) is 9.96 Å². The molecule has 0 aromatic heterocycles. The monoisotopic (exact) mass is 364 g/mol. The molecule has 2 fully saturated rings. The van der Waals surface area contributed by atoms with E-state index in [4.69, 9.17) is 4.84 Å². The van der Waals surface area contributed by atoms with Crippen molar-refractivity contribution in [1.29, 1.82) is 0 Å². The molecule has 2 aromatic carbocycles. The zero-order valence-corrected chi connectivity index (χ0v) is 15.8. The quantitative estimate of drug-likeness (QED) is 0.776. The van der Waals surface area contributed by atoms with Gasteiger partial charge in [0.15, 0.2) is 6.10 Å². The Labute approximate surface area is 159 Å². The molecule has 2 aliphatic rings. The number of nitrogens with zero attached hydrogens (tertiary/aromatic N) is 2. The molecular formula is C22H24N2O3. The smallest absolute Gasteiger partial charge is 0.266 e. The molecule has 0 spiro atoms. The second kappa shape index (κ2) is 6.82. The summed E-state index contributed by atoms with van der Waals surface area (Å²) in [6, 6.07) is 17.0. The molecule has 140 valence electrons. The first kappa shape index (κ1) is 17.7. The summed E-state index contributed by atoms with van der Waals surface area (Å²) in [6.07, 6.45) is 0.0116. The SMILES string of the molecule is Cc1ccccc1N1C(=O)[C@H]2[C@@H](ON(c3ccccc3)[C@H]2CC(C)C)C1=O. The zero-order chi connectivity index (χ0) is 19.1. The highest BCUT2D eigenvalue weighted by molar-refractivity contribution is 6.24. The predicted octanol–water partition coefficient (Wildman–Crippen LogP) is 3.72. The lowest BCUT2D eigenvalue weighted by molar-refractivity contribution is -0.126. The Hall–Kier alpha value is -2.66. The lowest BCUT2D eigenvalue weighted by Crippen LogP contribution is -2.41. The third-order valence-electron chi connectivity index (χ3n) is 5.32.